The van der Waals surface area contributed by atoms with Crippen LogP contribution in [0.4, 0.5) is 0 Å². The molecule has 0 unspecified atom stereocenters. The first-order valence-corrected chi connectivity index (χ1v) is 6.23. The zero-order chi connectivity index (χ0) is 12.3. The lowest BCUT2D eigenvalue weighted by atomic mass is 10.2. The minimum absolute atomic E-state index is 0.0991. The Kier molecular flexibility index (Phi) is 3.75. The smallest absolute Gasteiger partial charge is 0.348 e. The van der Waals surface area contributed by atoms with E-state index in [0.717, 1.165) is 12.1 Å². The van der Waals surface area contributed by atoms with Gasteiger partial charge in [-0.05, 0) is 17.0 Å². The summed E-state index contributed by atoms with van der Waals surface area (Å²) < 4.78 is 4.64. The average Bonchev–Trinajstić information content (AvgIpc) is 2.80. The first-order chi connectivity index (χ1) is 8.20. The molecule has 1 aromatic heterocycles. The van der Waals surface area contributed by atoms with Gasteiger partial charge in [-0.2, -0.15) is 0 Å². The number of esters is 1. The minimum atomic E-state index is -0.326. The van der Waals surface area contributed by atoms with E-state index in [4.69, 9.17) is 0 Å². The summed E-state index contributed by atoms with van der Waals surface area (Å²) in [6.07, 6.45) is 0. The summed E-state index contributed by atoms with van der Waals surface area (Å²) in [6, 6.07) is 1.78. The third-order valence-electron chi connectivity index (χ3n) is 2.60. The van der Waals surface area contributed by atoms with Crippen LogP contribution >= 0.6 is 11.3 Å². The fourth-order valence-corrected chi connectivity index (χ4v) is 2.52. The Morgan fingerprint density at radius 2 is 2.47 bits per heavy atom. The predicted molar refractivity (Wildman–Crippen MR) is 63.9 cm³/mol. The van der Waals surface area contributed by atoms with Crippen LogP contribution in [0.25, 0.3) is 0 Å². The van der Waals surface area contributed by atoms with Crippen LogP contribution < -0.4 is 5.32 Å². The number of piperazine rings is 1. The third kappa shape index (κ3) is 2.83. The molecule has 1 saturated heterocycles. The molecule has 1 fully saturated rings. The third-order valence-corrected chi connectivity index (χ3v) is 3.56. The first kappa shape index (κ1) is 12.1. The minimum Gasteiger partial charge on any atom is -0.465 e. The Hall–Kier alpha value is -1.40. The van der Waals surface area contributed by atoms with Crippen LogP contribution in [0, 0.1) is 0 Å². The zero-order valence-corrected chi connectivity index (χ0v) is 10.4. The Labute approximate surface area is 103 Å². The number of nitrogens with one attached hydrogen (secondary N) is 1. The number of amides is 1. The van der Waals surface area contributed by atoms with E-state index >= 15 is 0 Å². The van der Waals surface area contributed by atoms with E-state index in [2.05, 4.69) is 10.1 Å². The second-order valence-corrected chi connectivity index (χ2v) is 4.71. The summed E-state index contributed by atoms with van der Waals surface area (Å²) in [6.45, 7) is 2.49. The van der Waals surface area contributed by atoms with Crippen molar-refractivity contribution >= 4 is 23.2 Å². The highest BCUT2D eigenvalue weighted by Gasteiger charge is 2.18. The molecule has 1 aromatic rings. The Morgan fingerprint density at radius 3 is 3.18 bits per heavy atom. The molecule has 0 aromatic carbocycles. The van der Waals surface area contributed by atoms with E-state index < -0.39 is 0 Å². The van der Waals surface area contributed by atoms with Gasteiger partial charge in [0, 0.05) is 19.6 Å². The van der Waals surface area contributed by atoms with Gasteiger partial charge in [-0.3, -0.25) is 4.79 Å². The molecule has 92 valence electrons. The van der Waals surface area contributed by atoms with Gasteiger partial charge in [-0.15, -0.1) is 11.3 Å². The number of carbonyl (C=O) groups is 2. The second-order valence-electron chi connectivity index (χ2n) is 3.80. The molecule has 1 aliphatic heterocycles. The van der Waals surface area contributed by atoms with Gasteiger partial charge in [0.2, 0.25) is 5.91 Å². The fraction of sp³-hybridized carbons (Fsp3) is 0.455. The molecule has 6 heteroatoms. The quantitative estimate of drug-likeness (QED) is 0.796. The van der Waals surface area contributed by atoms with Gasteiger partial charge in [0.25, 0.3) is 0 Å². The van der Waals surface area contributed by atoms with Crippen molar-refractivity contribution < 1.29 is 14.3 Å². The molecular formula is C11H14N2O3S. The molecule has 2 heterocycles. The monoisotopic (exact) mass is 254 g/mol. The molecular weight excluding hydrogens is 240 g/mol. The standard InChI is InChI=1S/C11H14N2O3S/c1-16-11(15)9-4-8(7-17-9)6-13-3-2-12-5-10(13)14/h4,7,12H,2-3,5-6H2,1H3. The van der Waals surface area contributed by atoms with E-state index in [1.165, 1.54) is 18.4 Å². The largest absolute Gasteiger partial charge is 0.465 e. The van der Waals surface area contributed by atoms with Crippen molar-refractivity contribution in [1.82, 2.24) is 10.2 Å². The van der Waals surface area contributed by atoms with Gasteiger partial charge < -0.3 is 15.0 Å². The highest BCUT2D eigenvalue weighted by atomic mass is 32.1. The number of hydrogen-bond acceptors (Lipinski definition) is 5. The van der Waals surface area contributed by atoms with Crippen molar-refractivity contribution in [3.8, 4) is 0 Å². The van der Waals surface area contributed by atoms with Gasteiger partial charge in [-0.25, -0.2) is 4.79 Å². The van der Waals surface area contributed by atoms with Crippen LogP contribution in [0.5, 0.6) is 0 Å². The number of thiophene rings is 1. The molecule has 1 aliphatic rings. The van der Waals surface area contributed by atoms with Crippen LogP contribution in [0.1, 0.15) is 15.2 Å². The van der Waals surface area contributed by atoms with E-state index in [-0.39, 0.29) is 11.9 Å². The zero-order valence-electron chi connectivity index (χ0n) is 9.56. The number of nitrogens with zero attached hydrogens (tertiary/aromatic N) is 1. The maximum absolute atomic E-state index is 11.6. The average molecular weight is 254 g/mol. The van der Waals surface area contributed by atoms with E-state index in [1.54, 1.807) is 11.0 Å². The van der Waals surface area contributed by atoms with Gasteiger partial charge >= 0.3 is 5.97 Å². The maximum atomic E-state index is 11.6. The molecule has 1 N–H and O–H groups in total. The lowest BCUT2D eigenvalue weighted by Gasteiger charge is -2.26. The van der Waals surface area contributed by atoms with E-state index in [9.17, 15) is 9.59 Å². The number of rotatable bonds is 3. The summed E-state index contributed by atoms with van der Waals surface area (Å²) in [5.41, 5.74) is 0.977. The van der Waals surface area contributed by atoms with Gasteiger partial charge in [0.1, 0.15) is 4.88 Å². The normalized spacial score (nSPS) is 16.1. The molecule has 2 rings (SSSR count). The molecule has 17 heavy (non-hydrogen) atoms. The topological polar surface area (TPSA) is 58.6 Å². The number of methoxy groups -OCH3 is 1. The molecule has 0 aliphatic carbocycles. The molecule has 0 spiro atoms. The predicted octanol–water partition coefficient (Wildman–Crippen LogP) is 0.467. The Bertz CT molecular complexity index is 430. The number of hydrogen-bond donors (Lipinski definition) is 1. The molecule has 0 radical (unpaired) electrons. The number of ether oxygens (including phenoxy) is 1. The van der Waals surface area contributed by atoms with E-state index in [1.807, 2.05) is 5.38 Å². The fourth-order valence-electron chi connectivity index (χ4n) is 1.70. The summed E-state index contributed by atoms with van der Waals surface area (Å²) in [5.74, 6) is -0.227. The van der Waals surface area contributed by atoms with E-state index in [0.29, 0.717) is 24.5 Å². The summed E-state index contributed by atoms with van der Waals surface area (Å²) >= 11 is 1.34. The summed E-state index contributed by atoms with van der Waals surface area (Å²) in [4.78, 5) is 25.2. The Morgan fingerprint density at radius 1 is 1.65 bits per heavy atom. The van der Waals surface area contributed by atoms with Crippen molar-refractivity contribution in [2.75, 3.05) is 26.7 Å². The van der Waals surface area contributed by atoms with Crippen LogP contribution in [-0.4, -0.2) is 43.5 Å². The van der Waals surface area contributed by atoms with Gasteiger partial charge in [0.05, 0.1) is 13.7 Å². The summed E-state index contributed by atoms with van der Waals surface area (Å²) in [5, 5.41) is 4.91. The lowest BCUT2D eigenvalue weighted by molar-refractivity contribution is -0.132. The number of carbonyl (C=O) groups excluding carboxylic acids is 2. The lowest BCUT2D eigenvalue weighted by Crippen LogP contribution is -2.47. The van der Waals surface area contributed by atoms with Crippen LogP contribution in [0.3, 0.4) is 0 Å². The van der Waals surface area contributed by atoms with Crippen molar-refractivity contribution in [3.05, 3.63) is 21.9 Å². The van der Waals surface area contributed by atoms with Crippen molar-refractivity contribution in [2.45, 2.75) is 6.54 Å². The van der Waals surface area contributed by atoms with Crippen LogP contribution in [0.2, 0.25) is 0 Å². The van der Waals surface area contributed by atoms with Crippen molar-refractivity contribution in [1.29, 1.82) is 0 Å². The van der Waals surface area contributed by atoms with Crippen molar-refractivity contribution in [2.24, 2.45) is 0 Å². The van der Waals surface area contributed by atoms with Gasteiger partial charge in [-0.1, -0.05) is 0 Å². The highest BCUT2D eigenvalue weighted by molar-refractivity contribution is 7.12. The molecule has 1 amide bonds. The highest BCUT2D eigenvalue weighted by Crippen LogP contribution is 2.17. The molecule has 5 nitrogen and oxygen atoms in total. The van der Waals surface area contributed by atoms with Crippen LogP contribution in [0.15, 0.2) is 11.4 Å². The van der Waals surface area contributed by atoms with Crippen LogP contribution in [-0.2, 0) is 16.1 Å². The first-order valence-electron chi connectivity index (χ1n) is 5.35. The van der Waals surface area contributed by atoms with Crippen molar-refractivity contribution in [3.63, 3.8) is 0 Å². The van der Waals surface area contributed by atoms with Gasteiger partial charge in [0.15, 0.2) is 0 Å². The molecule has 0 atom stereocenters. The molecule has 0 bridgehead atoms. The SMILES string of the molecule is COC(=O)c1cc(CN2CCNCC2=O)cs1. The maximum Gasteiger partial charge on any atom is 0.348 e. The Balaban J connectivity index is 2.01. The molecule has 0 saturated carbocycles. The summed E-state index contributed by atoms with van der Waals surface area (Å²) in [7, 11) is 1.36. The second kappa shape index (κ2) is 5.29.